The molecule has 1 aliphatic rings. The molecule has 0 aromatic heterocycles. The molecule has 16 heavy (non-hydrogen) atoms. The molecule has 2 rings (SSSR count). The minimum atomic E-state index is -3.46. The largest absolute Gasteiger partial charge is 0.508 e. The van der Waals surface area contributed by atoms with E-state index in [1.165, 1.54) is 24.3 Å². The fourth-order valence-corrected chi connectivity index (χ4v) is 2.89. The zero-order chi connectivity index (χ0) is 11.6. The van der Waals surface area contributed by atoms with E-state index in [1.807, 2.05) is 12.2 Å². The molecule has 0 radical (unpaired) electrons. The minimum absolute atomic E-state index is 0.0428. The maximum atomic E-state index is 11.9. The van der Waals surface area contributed by atoms with Crippen LogP contribution in [0.5, 0.6) is 5.75 Å². The molecule has 0 atom stereocenters. The summed E-state index contributed by atoms with van der Waals surface area (Å²) in [4.78, 5) is 0.178. The van der Waals surface area contributed by atoms with E-state index in [-0.39, 0.29) is 16.7 Å². The van der Waals surface area contributed by atoms with Crippen molar-refractivity contribution < 1.29 is 13.5 Å². The Hall–Kier alpha value is -1.33. The third-order valence-corrected chi connectivity index (χ3v) is 4.01. The molecule has 0 bridgehead atoms. The van der Waals surface area contributed by atoms with Gasteiger partial charge in [0, 0.05) is 6.04 Å². The van der Waals surface area contributed by atoms with Crippen LogP contribution in [0.2, 0.25) is 0 Å². The molecule has 1 aromatic carbocycles. The lowest BCUT2D eigenvalue weighted by Crippen LogP contribution is -2.32. The number of aromatic hydroxyl groups is 1. The van der Waals surface area contributed by atoms with Crippen molar-refractivity contribution in [2.24, 2.45) is 0 Å². The van der Waals surface area contributed by atoms with Gasteiger partial charge in [0.25, 0.3) is 0 Å². The van der Waals surface area contributed by atoms with Crippen LogP contribution >= 0.6 is 0 Å². The second-order valence-corrected chi connectivity index (χ2v) is 5.47. The van der Waals surface area contributed by atoms with Gasteiger partial charge < -0.3 is 5.11 Å². The molecule has 4 nitrogen and oxygen atoms in total. The van der Waals surface area contributed by atoms with Crippen LogP contribution in [0.3, 0.4) is 0 Å². The Balaban J connectivity index is 2.15. The monoisotopic (exact) mass is 239 g/mol. The van der Waals surface area contributed by atoms with Crippen molar-refractivity contribution in [3.05, 3.63) is 36.4 Å². The SMILES string of the molecule is O=S(=O)(NC1CC=CC1)c1ccc(O)cc1. The Morgan fingerprint density at radius 1 is 1.12 bits per heavy atom. The van der Waals surface area contributed by atoms with Gasteiger partial charge in [0.05, 0.1) is 4.90 Å². The Kier molecular flexibility index (Phi) is 2.98. The molecule has 0 saturated carbocycles. The van der Waals surface area contributed by atoms with Gasteiger partial charge in [0.15, 0.2) is 0 Å². The molecule has 0 aliphatic heterocycles. The van der Waals surface area contributed by atoms with Gasteiger partial charge in [-0.25, -0.2) is 13.1 Å². The molecule has 1 aromatic rings. The molecule has 0 amide bonds. The zero-order valence-corrected chi connectivity index (χ0v) is 9.44. The fourth-order valence-electron chi connectivity index (χ4n) is 1.63. The topological polar surface area (TPSA) is 66.4 Å². The van der Waals surface area contributed by atoms with E-state index in [0.29, 0.717) is 0 Å². The van der Waals surface area contributed by atoms with Crippen LogP contribution in [0, 0.1) is 0 Å². The molecule has 5 heteroatoms. The van der Waals surface area contributed by atoms with E-state index in [9.17, 15) is 8.42 Å². The van der Waals surface area contributed by atoms with Crippen LogP contribution in [0.15, 0.2) is 41.3 Å². The van der Waals surface area contributed by atoms with Crippen molar-refractivity contribution in [2.75, 3.05) is 0 Å². The molecule has 0 fully saturated rings. The number of hydrogen-bond donors (Lipinski definition) is 2. The van der Waals surface area contributed by atoms with Gasteiger partial charge in [-0.2, -0.15) is 0 Å². The summed E-state index contributed by atoms with van der Waals surface area (Å²) < 4.78 is 26.4. The van der Waals surface area contributed by atoms with Crippen molar-refractivity contribution in [3.8, 4) is 5.75 Å². The second kappa shape index (κ2) is 4.27. The molecular formula is C11H13NO3S. The third kappa shape index (κ3) is 2.43. The maximum Gasteiger partial charge on any atom is 0.240 e. The number of phenolic OH excluding ortho intramolecular Hbond substituents is 1. The molecular weight excluding hydrogens is 226 g/mol. The third-order valence-electron chi connectivity index (χ3n) is 2.48. The summed E-state index contributed by atoms with van der Waals surface area (Å²) >= 11 is 0. The van der Waals surface area contributed by atoms with E-state index in [2.05, 4.69) is 4.72 Å². The summed E-state index contributed by atoms with van der Waals surface area (Å²) in [5, 5.41) is 9.08. The van der Waals surface area contributed by atoms with Crippen molar-refractivity contribution in [1.29, 1.82) is 0 Å². The summed E-state index contributed by atoms with van der Waals surface area (Å²) in [6, 6.07) is 5.46. The first kappa shape index (κ1) is 11.2. The zero-order valence-electron chi connectivity index (χ0n) is 8.63. The molecule has 1 aliphatic carbocycles. The summed E-state index contributed by atoms with van der Waals surface area (Å²) in [5.74, 6) is 0.0569. The van der Waals surface area contributed by atoms with E-state index in [4.69, 9.17) is 5.11 Å². The van der Waals surface area contributed by atoms with Gasteiger partial charge in [0.1, 0.15) is 5.75 Å². The van der Waals surface area contributed by atoms with Gasteiger partial charge in [-0.05, 0) is 37.1 Å². The molecule has 0 heterocycles. The average Bonchev–Trinajstić information content (AvgIpc) is 2.70. The highest BCUT2D eigenvalue weighted by Crippen LogP contribution is 2.17. The lowest BCUT2D eigenvalue weighted by atomic mass is 10.3. The van der Waals surface area contributed by atoms with Gasteiger partial charge >= 0.3 is 0 Å². The number of nitrogens with one attached hydrogen (secondary N) is 1. The summed E-state index contributed by atoms with van der Waals surface area (Å²) in [6.45, 7) is 0. The van der Waals surface area contributed by atoms with Crippen LogP contribution in [0.25, 0.3) is 0 Å². The van der Waals surface area contributed by atoms with Crippen LogP contribution in [0.4, 0.5) is 0 Å². The second-order valence-electron chi connectivity index (χ2n) is 3.75. The average molecular weight is 239 g/mol. The van der Waals surface area contributed by atoms with Crippen LogP contribution in [-0.4, -0.2) is 19.6 Å². The Bertz CT molecular complexity index is 482. The predicted octanol–water partition coefficient (Wildman–Crippen LogP) is 1.39. The first-order valence-corrected chi connectivity index (χ1v) is 6.52. The normalized spacial score (nSPS) is 16.8. The first-order valence-electron chi connectivity index (χ1n) is 5.04. The highest BCUT2D eigenvalue weighted by Gasteiger charge is 2.20. The number of sulfonamides is 1. The summed E-state index contributed by atoms with van der Waals surface area (Å²) in [7, 11) is -3.46. The lowest BCUT2D eigenvalue weighted by molar-refractivity contribution is 0.474. The number of rotatable bonds is 3. The molecule has 2 N–H and O–H groups in total. The van der Waals surface area contributed by atoms with E-state index in [1.54, 1.807) is 0 Å². The predicted molar refractivity (Wildman–Crippen MR) is 60.6 cm³/mol. The van der Waals surface area contributed by atoms with E-state index in [0.717, 1.165) is 12.8 Å². The molecule has 0 spiro atoms. The quantitative estimate of drug-likeness (QED) is 0.783. The smallest absolute Gasteiger partial charge is 0.240 e. The number of phenols is 1. The molecule has 86 valence electrons. The standard InChI is InChI=1S/C11H13NO3S/c13-10-5-7-11(8-6-10)16(14,15)12-9-3-1-2-4-9/h1-2,5-9,12-13H,3-4H2. The van der Waals surface area contributed by atoms with Crippen molar-refractivity contribution in [3.63, 3.8) is 0 Å². The van der Waals surface area contributed by atoms with Crippen LogP contribution in [0.1, 0.15) is 12.8 Å². The lowest BCUT2D eigenvalue weighted by Gasteiger charge is -2.12. The van der Waals surface area contributed by atoms with Gasteiger partial charge in [0.2, 0.25) is 10.0 Å². The van der Waals surface area contributed by atoms with Crippen LogP contribution in [-0.2, 0) is 10.0 Å². The fraction of sp³-hybridized carbons (Fsp3) is 0.273. The van der Waals surface area contributed by atoms with E-state index >= 15 is 0 Å². The van der Waals surface area contributed by atoms with Gasteiger partial charge in [-0.1, -0.05) is 12.2 Å². The summed E-state index contributed by atoms with van der Waals surface area (Å²) in [5.41, 5.74) is 0. The van der Waals surface area contributed by atoms with Gasteiger partial charge in [-0.3, -0.25) is 0 Å². The van der Waals surface area contributed by atoms with Gasteiger partial charge in [-0.15, -0.1) is 0 Å². The molecule has 0 saturated heterocycles. The number of hydrogen-bond acceptors (Lipinski definition) is 3. The Morgan fingerprint density at radius 2 is 1.69 bits per heavy atom. The van der Waals surface area contributed by atoms with Crippen molar-refractivity contribution in [2.45, 2.75) is 23.8 Å². The van der Waals surface area contributed by atoms with Crippen LogP contribution < -0.4 is 4.72 Å². The highest BCUT2D eigenvalue weighted by atomic mass is 32.2. The number of benzene rings is 1. The van der Waals surface area contributed by atoms with E-state index < -0.39 is 10.0 Å². The maximum absolute atomic E-state index is 11.9. The van der Waals surface area contributed by atoms with Crippen molar-refractivity contribution >= 4 is 10.0 Å². The van der Waals surface area contributed by atoms with Crippen molar-refractivity contribution in [1.82, 2.24) is 4.72 Å². The Labute approximate surface area is 94.7 Å². The minimum Gasteiger partial charge on any atom is -0.508 e. The Morgan fingerprint density at radius 3 is 2.25 bits per heavy atom. The highest BCUT2D eigenvalue weighted by molar-refractivity contribution is 7.89. The molecule has 0 unspecified atom stereocenters. The summed E-state index contributed by atoms with van der Waals surface area (Å²) in [6.07, 6.45) is 5.39. The first-order chi connectivity index (χ1) is 7.58.